The van der Waals surface area contributed by atoms with Gasteiger partial charge in [0.15, 0.2) is 0 Å². The van der Waals surface area contributed by atoms with Gasteiger partial charge in [0.25, 0.3) is 0 Å². The number of ether oxygens (including phenoxy) is 1. The lowest BCUT2D eigenvalue weighted by Crippen LogP contribution is -3.19. The van der Waals surface area contributed by atoms with Gasteiger partial charge in [-0.15, -0.1) is 0 Å². The molecule has 1 saturated carbocycles. The molecule has 146 valence electrons. The maximum atomic E-state index is 6.71. The van der Waals surface area contributed by atoms with Crippen LogP contribution in [0, 0.1) is 11.8 Å². The van der Waals surface area contributed by atoms with Crippen molar-refractivity contribution < 1.29 is 9.64 Å². The lowest BCUT2D eigenvalue weighted by molar-refractivity contribution is -0.948. The molecule has 3 saturated heterocycles. The minimum Gasteiger partial charge on any atom is -0.490 e. The van der Waals surface area contributed by atoms with Crippen LogP contribution in [0.2, 0.25) is 0 Å². The van der Waals surface area contributed by atoms with Crippen molar-refractivity contribution in [2.75, 3.05) is 18.0 Å². The summed E-state index contributed by atoms with van der Waals surface area (Å²) in [7, 11) is 0. The molecule has 0 aromatic heterocycles. The molecular weight excluding hydrogens is 364 g/mol. The monoisotopic (exact) mass is 393 g/mol. The third kappa shape index (κ3) is 2.22. The Bertz CT molecular complexity index is 892. The van der Waals surface area contributed by atoms with E-state index in [0.717, 1.165) is 30.5 Å². The molecule has 6 unspecified atom stereocenters. The molecule has 4 heteroatoms. The molecule has 4 fully saturated rings. The topological polar surface area (TPSA) is 16.9 Å². The standard InChI is InChI=1S/C24H28N2OS/c1-2-6-18-15(5-1)13-20-16-14-17-22(27-21(16)9-11-25(18)20)10-12-26-19-7-3-4-8-23(19)28-24(17)26/h3-4,7-8,10,15-16,18,20-21H,1-2,5-6,9,11-14H2/p+1. The number of thioether (sulfide) groups is 1. The Morgan fingerprint density at radius 1 is 1.07 bits per heavy atom. The van der Waals surface area contributed by atoms with Crippen molar-refractivity contribution in [3.8, 4) is 0 Å². The molecule has 1 aromatic rings. The number of quaternary nitrogens is 1. The zero-order chi connectivity index (χ0) is 18.2. The summed E-state index contributed by atoms with van der Waals surface area (Å²) < 4.78 is 6.71. The fourth-order valence-electron chi connectivity index (χ4n) is 7.30. The second-order valence-electron chi connectivity index (χ2n) is 9.66. The van der Waals surface area contributed by atoms with Crippen LogP contribution in [0.15, 0.2) is 51.6 Å². The minimum atomic E-state index is 0.463. The van der Waals surface area contributed by atoms with Gasteiger partial charge in [-0.05, 0) is 43.9 Å². The predicted molar refractivity (Wildman–Crippen MR) is 112 cm³/mol. The second kappa shape index (κ2) is 6.06. The number of para-hydroxylation sites is 1. The summed E-state index contributed by atoms with van der Waals surface area (Å²) in [4.78, 5) is 5.89. The number of fused-ring (bicyclic) bond motifs is 9. The zero-order valence-corrected chi connectivity index (χ0v) is 17.2. The van der Waals surface area contributed by atoms with Crippen molar-refractivity contribution in [1.29, 1.82) is 0 Å². The average molecular weight is 394 g/mol. The molecule has 6 aliphatic rings. The first-order valence-corrected chi connectivity index (χ1v) is 12.2. The molecule has 6 atom stereocenters. The average Bonchev–Trinajstić information content (AvgIpc) is 3.31. The highest BCUT2D eigenvalue weighted by Crippen LogP contribution is 2.53. The van der Waals surface area contributed by atoms with E-state index in [2.05, 4.69) is 35.2 Å². The van der Waals surface area contributed by atoms with Crippen LogP contribution >= 0.6 is 11.8 Å². The molecule has 1 N–H and O–H groups in total. The first kappa shape index (κ1) is 16.4. The third-order valence-corrected chi connectivity index (χ3v) is 9.70. The fourth-order valence-corrected chi connectivity index (χ4v) is 8.53. The number of allylic oxidation sites excluding steroid dienone is 1. The van der Waals surface area contributed by atoms with E-state index in [1.807, 2.05) is 16.7 Å². The number of nitrogens with one attached hydrogen (secondary N) is 1. The SMILES string of the molecule is C1=C2OC3CC[NH+]4C5CCCCC5CC4C3CC2=C2Sc3ccccc3N2C1. The second-order valence-corrected chi connectivity index (χ2v) is 10.7. The largest absolute Gasteiger partial charge is 0.490 e. The van der Waals surface area contributed by atoms with Gasteiger partial charge in [0.1, 0.15) is 11.9 Å². The highest BCUT2D eigenvalue weighted by molar-refractivity contribution is 8.03. The smallest absolute Gasteiger partial charge is 0.123 e. The number of nitrogens with zero attached hydrogens (tertiary/aromatic N) is 1. The Balaban J connectivity index is 1.23. The highest BCUT2D eigenvalue weighted by atomic mass is 32.2. The molecule has 5 heterocycles. The first-order chi connectivity index (χ1) is 13.9. The summed E-state index contributed by atoms with van der Waals surface area (Å²) in [6.45, 7) is 2.30. The van der Waals surface area contributed by atoms with Gasteiger partial charge in [-0.25, -0.2) is 0 Å². The van der Waals surface area contributed by atoms with Gasteiger partial charge >= 0.3 is 0 Å². The number of rotatable bonds is 0. The van der Waals surface area contributed by atoms with Crippen LogP contribution in [0.5, 0.6) is 0 Å². The predicted octanol–water partition coefficient (Wildman–Crippen LogP) is 3.73. The Morgan fingerprint density at radius 3 is 3.00 bits per heavy atom. The number of hydrogen-bond donors (Lipinski definition) is 1. The lowest BCUT2D eigenvalue weighted by Gasteiger charge is -2.46. The van der Waals surface area contributed by atoms with E-state index in [9.17, 15) is 0 Å². The molecule has 0 spiro atoms. The summed E-state index contributed by atoms with van der Waals surface area (Å²) in [5, 5.41) is 1.46. The van der Waals surface area contributed by atoms with Gasteiger partial charge in [0, 0.05) is 35.8 Å². The van der Waals surface area contributed by atoms with Crippen LogP contribution in [-0.4, -0.2) is 31.3 Å². The van der Waals surface area contributed by atoms with Gasteiger partial charge in [0.2, 0.25) is 0 Å². The molecular formula is C24H29N2OS+. The minimum absolute atomic E-state index is 0.463. The van der Waals surface area contributed by atoms with E-state index >= 15 is 0 Å². The quantitative estimate of drug-likeness (QED) is 0.724. The molecule has 0 radical (unpaired) electrons. The number of hydrogen-bond acceptors (Lipinski definition) is 3. The van der Waals surface area contributed by atoms with E-state index in [1.54, 1.807) is 0 Å². The van der Waals surface area contributed by atoms with Gasteiger partial charge in [-0.1, -0.05) is 30.3 Å². The summed E-state index contributed by atoms with van der Waals surface area (Å²) in [5.74, 6) is 2.93. The first-order valence-electron chi connectivity index (χ1n) is 11.4. The van der Waals surface area contributed by atoms with Gasteiger partial charge in [0.05, 0.1) is 35.3 Å². The van der Waals surface area contributed by atoms with Gasteiger partial charge < -0.3 is 14.5 Å². The van der Waals surface area contributed by atoms with Gasteiger partial charge in [-0.2, -0.15) is 0 Å². The van der Waals surface area contributed by atoms with E-state index in [-0.39, 0.29) is 0 Å². The summed E-state index contributed by atoms with van der Waals surface area (Å²) in [6, 6.07) is 10.7. The van der Waals surface area contributed by atoms with Crippen molar-refractivity contribution in [2.45, 2.75) is 68.0 Å². The summed E-state index contributed by atoms with van der Waals surface area (Å²) >= 11 is 1.97. The summed E-state index contributed by atoms with van der Waals surface area (Å²) in [5.41, 5.74) is 2.89. The van der Waals surface area contributed by atoms with Crippen LogP contribution in [0.25, 0.3) is 0 Å². The van der Waals surface area contributed by atoms with Crippen molar-refractivity contribution in [1.82, 2.24) is 0 Å². The normalized spacial score (nSPS) is 40.4. The zero-order valence-electron chi connectivity index (χ0n) is 16.4. The number of piperidine rings is 1. The molecule has 5 aliphatic heterocycles. The maximum absolute atomic E-state index is 6.71. The van der Waals surface area contributed by atoms with Crippen molar-refractivity contribution in [3.05, 3.63) is 46.7 Å². The number of benzene rings is 1. The van der Waals surface area contributed by atoms with E-state index in [4.69, 9.17) is 4.74 Å². The third-order valence-electron chi connectivity index (χ3n) is 8.47. The Morgan fingerprint density at radius 2 is 2.00 bits per heavy atom. The van der Waals surface area contributed by atoms with Crippen LogP contribution in [0.3, 0.4) is 0 Å². The molecule has 0 amide bonds. The van der Waals surface area contributed by atoms with Crippen molar-refractivity contribution >= 4 is 17.4 Å². The van der Waals surface area contributed by atoms with Crippen molar-refractivity contribution in [3.63, 3.8) is 0 Å². The van der Waals surface area contributed by atoms with Crippen molar-refractivity contribution in [2.24, 2.45) is 11.8 Å². The van der Waals surface area contributed by atoms with Gasteiger partial charge in [-0.3, -0.25) is 0 Å². The number of anilines is 1. The van der Waals surface area contributed by atoms with Crippen LogP contribution in [0.4, 0.5) is 5.69 Å². The fraction of sp³-hybridized carbons (Fsp3) is 0.583. The van der Waals surface area contributed by atoms with E-state index < -0.39 is 0 Å². The van der Waals surface area contributed by atoms with Crippen LogP contribution < -0.4 is 9.80 Å². The summed E-state index contributed by atoms with van der Waals surface area (Å²) in [6.07, 6.45) is 12.7. The Hall–Kier alpha value is -1.39. The molecule has 0 bridgehead atoms. The van der Waals surface area contributed by atoms with E-state index in [1.165, 1.54) is 78.4 Å². The lowest BCUT2D eigenvalue weighted by atomic mass is 9.78. The Labute approximate surface area is 171 Å². The molecule has 1 aromatic carbocycles. The molecule has 28 heavy (non-hydrogen) atoms. The highest BCUT2D eigenvalue weighted by Gasteiger charge is 2.55. The Kier molecular flexibility index (Phi) is 3.55. The molecule has 1 aliphatic carbocycles. The van der Waals surface area contributed by atoms with E-state index in [0.29, 0.717) is 6.10 Å². The maximum Gasteiger partial charge on any atom is 0.123 e. The van der Waals surface area contributed by atoms with Crippen LogP contribution in [-0.2, 0) is 4.74 Å². The van der Waals surface area contributed by atoms with Crippen LogP contribution in [0.1, 0.15) is 44.9 Å². The molecule has 3 nitrogen and oxygen atoms in total. The molecule has 7 rings (SSSR count).